The van der Waals surface area contributed by atoms with Gasteiger partial charge in [-0.3, -0.25) is 14.9 Å². The average molecular weight is 208 g/mol. The van der Waals surface area contributed by atoms with E-state index in [1.54, 1.807) is 13.8 Å². The number of nitrogens with zero attached hydrogens (tertiary/aromatic N) is 1. The third-order valence-electron chi connectivity index (χ3n) is 2.03. The highest BCUT2D eigenvalue weighted by Crippen LogP contribution is 2.25. The summed E-state index contributed by atoms with van der Waals surface area (Å²) >= 11 is 0. The lowest BCUT2D eigenvalue weighted by Crippen LogP contribution is -2.09. The van der Waals surface area contributed by atoms with Crippen LogP contribution in [0.4, 0.5) is 11.4 Å². The fourth-order valence-electron chi connectivity index (χ4n) is 1.42. The largest absolute Gasteiger partial charge is 0.326 e. The molecule has 0 aliphatic heterocycles. The van der Waals surface area contributed by atoms with Gasteiger partial charge < -0.3 is 5.32 Å². The summed E-state index contributed by atoms with van der Waals surface area (Å²) in [5, 5.41) is 13.2. The second-order valence-corrected chi connectivity index (χ2v) is 3.39. The fourth-order valence-corrected chi connectivity index (χ4v) is 1.42. The Balaban J connectivity index is 3.21. The molecule has 0 unspecified atom stereocenters. The van der Waals surface area contributed by atoms with Crippen molar-refractivity contribution in [2.75, 3.05) is 5.32 Å². The van der Waals surface area contributed by atoms with Crippen molar-refractivity contribution < 1.29 is 9.72 Å². The molecule has 0 radical (unpaired) electrons. The number of non-ortho nitro benzene ring substituents is 1. The quantitative estimate of drug-likeness (QED) is 0.598. The first-order valence-corrected chi connectivity index (χ1v) is 4.45. The van der Waals surface area contributed by atoms with Crippen molar-refractivity contribution in [1.29, 1.82) is 0 Å². The molecule has 0 aliphatic rings. The Morgan fingerprint density at radius 1 is 1.33 bits per heavy atom. The van der Waals surface area contributed by atoms with E-state index in [4.69, 9.17) is 0 Å². The Hall–Kier alpha value is -1.91. The van der Waals surface area contributed by atoms with Gasteiger partial charge in [-0.25, -0.2) is 0 Å². The molecule has 1 amide bonds. The second-order valence-electron chi connectivity index (χ2n) is 3.39. The molecule has 0 heterocycles. The van der Waals surface area contributed by atoms with Gasteiger partial charge in [0.1, 0.15) is 0 Å². The van der Waals surface area contributed by atoms with E-state index >= 15 is 0 Å². The van der Waals surface area contributed by atoms with Gasteiger partial charge in [-0.15, -0.1) is 0 Å². The zero-order chi connectivity index (χ0) is 11.6. The Kier molecular flexibility index (Phi) is 3.04. The van der Waals surface area contributed by atoms with Gasteiger partial charge in [0.2, 0.25) is 5.91 Å². The molecule has 1 N–H and O–H groups in total. The van der Waals surface area contributed by atoms with Gasteiger partial charge in [0.05, 0.1) is 4.92 Å². The standard InChI is InChI=1S/C10H12N2O3/c1-6-4-9(12(14)15)5-7(2)10(6)11-8(3)13/h4-5H,1-3H3,(H,11,13). The van der Waals surface area contributed by atoms with E-state index in [-0.39, 0.29) is 11.6 Å². The minimum absolute atomic E-state index is 0.0408. The van der Waals surface area contributed by atoms with E-state index in [2.05, 4.69) is 5.32 Å². The number of carbonyl (C=O) groups excluding carboxylic acids is 1. The first kappa shape index (κ1) is 11.2. The molecule has 5 nitrogen and oxygen atoms in total. The molecule has 0 aliphatic carbocycles. The lowest BCUT2D eigenvalue weighted by atomic mass is 10.1. The number of anilines is 1. The molecule has 5 heteroatoms. The number of aryl methyl sites for hydroxylation is 2. The Labute approximate surface area is 87.3 Å². The molecule has 0 fully saturated rings. The van der Waals surface area contributed by atoms with Crippen LogP contribution in [0.5, 0.6) is 0 Å². The number of carbonyl (C=O) groups is 1. The van der Waals surface area contributed by atoms with Crippen LogP contribution < -0.4 is 5.32 Å². The molecule has 0 spiro atoms. The van der Waals surface area contributed by atoms with E-state index < -0.39 is 4.92 Å². The Morgan fingerprint density at radius 3 is 2.13 bits per heavy atom. The summed E-state index contributed by atoms with van der Waals surface area (Å²) in [7, 11) is 0. The highest BCUT2D eigenvalue weighted by molar-refractivity contribution is 5.90. The highest BCUT2D eigenvalue weighted by Gasteiger charge is 2.12. The van der Waals surface area contributed by atoms with Gasteiger partial charge in [-0.1, -0.05) is 0 Å². The van der Waals surface area contributed by atoms with Crippen molar-refractivity contribution in [2.24, 2.45) is 0 Å². The van der Waals surface area contributed by atoms with Crippen molar-refractivity contribution in [3.63, 3.8) is 0 Å². The number of hydrogen-bond donors (Lipinski definition) is 1. The van der Waals surface area contributed by atoms with Gasteiger partial charge in [0.25, 0.3) is 5.69 Å². The van der Waals surface area contributed by atoms with Gasteiger partial charge in [0, 0.05) is 24.7 Å². The van der Waals surface area contributed by atoms with Crippen LogP contribution >= 0.6 is 0 Å². The van der Waals surface area contributed by atoms with Gasteiger partial charge in [-0.05, 0) is 25.0 Å². The van der Waals surface area contributed by atoms with Crippen molar-refractivity contribution >= 4 is 17.3 Å². The maximum absolute atomic E-state index is 10.9. The molecule has 1 aromatic carbocycles. The minimum Gasteiger partial charge on any atom is -0.326 e. The number of nitrogens with one attached hydrogen (secondary N) is 1. The molecule has 0 atom stereocenters. The molecule has 15 heavy (non-hydrogen) atoms. The maximum atomic E-state index is 10.9. The average Bonchev–Trinajstić information content (AvgIpc) is 2.10. The smallest absolute Gasteiger partial charge is 0.270 e. The zero-order valence-electron chi connectivity index (χ0n) is 8.83. The van der Waals surface area contributed by atoms with Crippen molar-refractivity contribution in [3.05, 3.63) is 33.4 Å². The summed E-state index contributed by atoms with van der Waals surface area (Å²) < 4.78 is 0. The van der Waals surface area contributed by atoms with E-state index in [0.29, 0.717) is 16.8 Å². The number of rotatable bonds is 2. The molecule has 0 saturated heterocycles. The first-order chi connectivity index (χ1) is 6.91. The van der Waals surface area contributed by atoms with Crippen LogP contribution in [-0.4, -0.2) is 10.8 Å². The number of hydrogen-bond acceptors (Lipinski definition) is 3. The second kappa shape index (κ2) is 4.08. The van der Waals surface area contributed by atoms with Crippen LogP contribution in [0.1, 0.15) is 18.1 Å². The molecule has 1 aromatic rings. The molecule has 1 rings (SSSR count). The van der Waals surface area contributed by atoms with Crippen LogP contribution in [-0.2, 0) is 4.79 Å². The highest BCUT2D eigenvalue weighted by atomic mass is 16.6. The molecule has 80 valence electrons. The molecule has 0 bridgehead atoms. The van der Waals surface area contributed by atoms with Crippen molar-refractivity contribution in [3.8, 4) is 0 Å². The SMILES string of the molecule is CC(=O)Nc1c(C)cc([N+](=O)[O-])cc1C. The number of amides is 1. The Bertz CT molecular complexity index is 404. The number of nitro benzene ring substituents is 1. The zero-order valence-corrected chi connectivity index (χ0v) is 8.83. The summed E-state index contributed by atoms with van der Waals surface area (Å²) in [5.74, 6) is -0.185. The van der Waals surface area contributed by atoms with Gasteiger partial charge in [-0.2, -0.15) is 0 Å². The van der Waals surface area contributed by atoms with E-state index in [1.807, 2.05) is 0 Å². The monoisotopic (exact) mass is 208 g/mol. The van der Waals surface area contributed by atoms with Crippen LogP contribution in [0.15, 0.2) is 12.1 Å². The number of benzene rings is 1. The van der Waals surface area contributed by atoms with E-state index in [1.165, 1.54) is 19.1 Å². The summed E-state index contributed by atoms with van der Waals surface area (Å²) in [6, 6.07) is 2.89. The van der Waals surface area contributed by atoms with Crippen LogP contribution in [0.2, 0.25) is 0 Å². The topological polar surface area (TPSA) is 72.2 Å². The van der Waals surface area contributed by atoms with Crippen molar-refractivity contribution in [1.82, 2.24) is 0 Å². The first-order valence-electron chi connectivity index (χ1n) is 4.45. The van der Waals surface area contributed by atoms with E-state index in [0.717, 1.165) is 0 Å². The van der Waals surface area contributed by atoms with Gasteiger partial charge in [0.15, 0.2) is 0 Å². The van der Waals surface area contributed by atoms with Crippen LogP contribution in [0.3, 0.4) is 0 Å². The predicted octanol–water partition coefficient (Wildman–Crippen LogP) is 2.17. The summed E-state index contributed by atoms with van der Waals surface area (Å²) in [5.41, 5.74) is 2.07. The summed E-state index contributed by atoms with van der Waals surface area (Å²) in [6.45, 7) is 4.86. The summed E-state index contributed by atoms with van der Waals surface area (Å²) in [4.78, 5) is 21.0. The third kappa shape index (κ3) is 2.52. The lowest BCUT2D eigenvalue weighted by molar-refractivity contribution is -0.384. The molecule has 0 aromatic heterocycles. The predicted molar refractivity (Wildman–Crippen MR) is 56.9 cm³/mol. The van der Waals surface area contributed by atoms with Gasteiger partial charge >= 0.3 is 0 Å². The normalized spacial score (nSPS) is 9.80. The minimum atomic E-state index is -0.447. The van der Waals surface area contributed by atoms with Crippen LogP contribution in [0, 0.1) is 24.0 Å². The maximum Gasteiger partial charge on any atom is 0.270 e. The third-order valence-corrected chi connectivity index (χ3v) is 2.03. The van der Waals surface area contributed by atoms with Crippen molar-refractivity contribution in [2.45, 2.75) is 20.8 Å². The number of nitro groups is 1. The lowest BCUT2D eigenvalue weighted by Gasteiger charge is -2.09. The molecule has 0 saturated carbocycles. The Morgan fingerprint density at radius 2 is 1.80 bits per heavy atom. The van der Waals surface area contributed by atoms with E-state index in [9.17, 15) is 14.9 Å². The molecular weight excluding hydrogens is 196 g/mol. The fraction of sp³-hybridized carbons (Fsp3) is 0.300. The molecular formula is C10H12N2O3. The van der Waals surface area contributed by atoms with Crippen LogP contribution in [0.25, 0.3) is 0 Å². The summed E-state index contributed by atoms with van der Waals surface area (Å²) in [6.07, 6.45) is 0.